The second-order valence-corrected chi connectivity index (χ2v) is 5.71. The largest absolute Gasteiger partial charge is 0.368 e. The highest BCUT2D eigenvalue weighted by atomic mass is 16.1. The molecule has 4 nitrogen and oxygen atoms in total. The van der Waals surface area contributed by atoms with Crippen LogP contribution in [0.1, 0.15) is 44.9 Å². The van der Waals surface area contributed by atoms with Crippen LogP contribution in [0.15, 0.2) is 0 Å². The fourth-order valence-electron chi connectivity index (χ4n) is 3.21. The van der Waals surface area contributed by atoms with E-state index in [-0.39, 0.29) is 11.9 Å². The van der Waals surface area contributed by atoms with Gasteiger partial charge >= 0.3 is 0 Å². The van der Waals surface area contributed by atoms with Crippen LogP contribution >= 0.6 is 0 Å². The number of hydrogen-bond acceptors (Lipinski definition) is 3. The quantitative estimate of drug-likeness (QED) is 0.819. The van der Waals surface area contributed by atoms with E-state index in [1.54, 1.807) is 0 Å². The molecule has 2 aliphatic heterocycles. The minimum atomic E-state index is -0.134. The molecule has 0 radical (unpaired) electrons. The molecule has 1 atom stereocenters. The minimum absolute atomic E-state index is 0.00859. The topological polar surface area (TPSA) is 49.6 Å². The second-order valence-electron chi connectivity index (χ2n) is 5.71. The number of rotatable bonds is 4. The Hall–Kier alpha value is -0.610. The predicted molar refractivity (Wildman–Crippen MR) is 73.3 cm³/mol. The number of nitrogens with two attached hydrogens (primary N) is 1. The monoisotopic (exact) mass is 253 g/mol. The van der Waals surface area contributed by atoms with Crippen molar-refractivity contribution in [3.63, 3.8) is 0 Å². The van der Waals surface area contributed by atoms with E-state index >= 15 is 0 Å². The van der Waals surface area contributed by atoms with Crippen LogP contribution in [0, 0.1) is 0 Å². The highest BCUT2D eigenvalue weighted by molar-refractivity contribution is 5.79. The minimum Gasteiger partial charge on any atom is -0.368 e. The van der Waals surface area contributed by atoms with Gasteiger partial charge in [-0.25, -0.2) is 0 Å². The summed E-state index contributed by atoms with van der Waals surface area (Å²) in [6.07, 6.45) is 8.74. The van der Waals surface area contributed by atoms with Gasteiger partial charge in [0.15, 0.2) is 0 Å². The van der Waals surface area contributed by atoms with Gasteiger partial charge in [0.05, 0.1) is 6.04 Å². The fourth-order valence-corrected chi connectivity index (χ4v) is 3.21. The molecule has 0 bridgehead atoms. The van der Waals surface area contributed by atoms with Crippen LogP contribution in [0.25, 0.3) is 0 Å². The molecule has 2 heterocycles. The molecule has 2 aliphatic rings. The molecule has 2 fully saturated rings. The van der Waals surface area contributed by atoms with Crippen molar-refractivity contribution < 1.29 is 4.79 Å². The van der Waals surface area contributed by atoms with Gasteiger partial charge in [-0.15, -0.1) is 0 Å². The Bertz CT molecular complexity index is 262. The van der Waals surface area contributed by atoms with Gasteiger partial charge in [-0.05, 0) is 45.3 Å². The standard InChI is InChI=1S/C14H27N3O/c15-14(18)13-7-3-6-10-17(13)12-11-16-8-4-1-2-5-9-16/h13H,1-12H2,(H2,15,18). The lowest BCUT2D eigenvalue weighted by Gasteiger charge is -2.35. The third kappa shape index (κ3) is 3.95. The van der Waals surface area contributed by atoms with E-state index < -0.39 is 0 Å². The van der Waals surface area contributed by atoms with Gasteiger partial charge < -0.3 is 10.6 Å². The summed E-state index contributed by atoms with van der Waals surface area (Å²) in [6.45, 7) is 5.61. The first-order valence-electron chi connectivity index (χ1n) is 7.53. The molecule has 18 heavy (non-hydrogen) atoms. The average Bonchev–Trinajstić information content (AvgIpc) is 2.65. The molecule has 0 aliphatic carbocycles. The zero-order chi connectivity index (χ0) is 12.8. The van der Waals surface area contributed by atoms with Gasteiger partial charge in [0.25, 0.3) is 0 Å². The molecule has 0 spiro atoms. The first kappa shape index (κ1) is 13.8. The maximum Gasteiger partial charge on any atom is 0.234 e. The molecule has 1 unspecified atom stereocenters. The average molecular weight is 253 g/mol. The van der Waals surface area contributed by atoms with Crippen molar-refractivity contribution >= 4 is 5.91 Å². The van der Waals surface area contributed by atoms with Crippen LogP contribution in [-0.2, 0) is 4.79 Å². The lowest BCUT2D eigenvalue weighted by molar-refractivity contribution is -0.124. The number of piperidine rings is 1. The summed E-state index contributed by atoms with van der Waals surface area (Å²) >= 11 is 0. The zero-order valence-corrected chi connectivity index (χ0v) is 11.4. The molecule has 2 N–H and O–H groups in total. The van der Waals surface area contributed by atoms with Gasteiger partial charge in [-0.1, -0.05) is 19.3 Å². The third-order valence-electron chi connectivity index (χ3n) is 4.34. The molecule has 1 amide bonds. The van der Waals surface area contributed by atoms with Crippen LogP contribution in [0.2, 0.25) is 0 Å². The Labute approximate surface area is 110 Å². The summed E-state index contributed by atoms with van der Waals surface area (Å²) in [5.41, 5.74) is 5.50. The van der Waals surface area contributed by atoms with Gasteiger partial charge in [-0.3, -0.25) is 9.69 Å². The van der Waals surface area contributed by atoms with Gasteiger partial charge in [0.2, 0.25) is 5.91 Å². The Balaban J connectivity index is 1.78. The second kappa shape index (κ2) is 7.10. The number of carbonyl (C=O) groups excluding carboxylic acids is 1. The van der Waals surface area contributed by atoms with Crippen LogP contribution in [0.4, 0.5) is 0 Å². The number of likely N-dealkylation sites (tertiary alicyclic amines) is 2. The van der Waals surface area contributed by atoms with Crippen molar-refractivity contribution in [2.24, 2.45) is 5.73 Å². The zero-order valence-electron chi connectivity index (χ0n) is 11.4. The lowest BCUT2D eigenvalue weighted by atomic mass is 10.0. The molecule has 2 rings (SSSR count). The molecule has 4 heteroatoms. The number of nitrogens with zero attached hydrogens (tertiary/aromatic N) is 2. The summed E-state index contributed by atoms with van der Waals surface area (Å²) in [5, 5.41) is 0. The van der Waals surface area contributed by atoms with Gasteiger partial charge in [-0.2, -0.15) is 0 Å². The van der Waals surface area contributed by atoms with Crippen molar-refractivity contribution in [3.8, 4) is 0 Å². The number of carbonyl (C=O) groups is 1. The smallest absolute Gasteiger partial charge is 0.234 e. The Kier molecular flexibility index (Phi) is 5.45. The third-order valence-corrected chi connectivity index (χ3v) is 4.34. The normalized spacial score (nSPS) is 27.9. The molecule has 2 saturated heterocycles. The van der Waals surface area contributed by atoms with Gasteiger partial charge in [0, 0.05) is 13.1 Å². The van der Waals surface area contributed by atoms with Crippen LogP contribution in [0.3, 0.4) is 0 Å². The van der Waals surface area contributed by atoms with E-state index in [0.29, 0.717) is 0 Å². The number of amides is 1. The maximum atomic E-state index is 11.4. The Morgan fingerprint density at radius 1 is 0.944 bits per heavy atom. The summed E-state index contributed by atoms with van der Waals surface area (Å²) in [6, 6.07) is -0.00859. The molecular formula is C14H27N3O. The van der Waals surface area contributed by atoms with E-state index in [1.165, 1.54) is 45.2 Å². The molecular weight excluding hydrogens is 226 g/mol. The number of hydrogen-bond donors (Lipinski definition) is 1. The van der Waals surface area contributed by atoms with E-state index in [0.717, 1.165) is 32.5 Å². The van der Waals surface area contributed by atoms with Gasteiger partial charge in [0.1, 0.15) is 0 Å². The van der Waals surface area contributed by atoms with E-state index in [1.807, 2.05) is 0 Å². The highest BCUT2D eigenvalue weighted by Gasteiger charge is 2.26. The van der Waals surface area contributed by atoms with Crippen molar-refractivity contribution in [2.75, 3.05) is 32.7 Å². The SMILES string of the molecule is NC(=O)C1CCCCN1CCN1CCCCCC1. The Morgan fingerprint density at radius 3 is 2.28 bits per heavy atom. The van der Waals surface area contributed by atoms with E-state index in [2.05, 4.69) is 9.80 Å². The maximum absolute atomic E-state index is 11.4. The molecule has 0 aromatic heterocycles. The van der Waals surface area contributed by atoms with Crippen LogP contribution in [-0.4, -0.2) is 54.5 Å². The fraction of sp³-hybridized carbons (Fsp3) is 0.929. The predicted octanol–water partition coefficient (Wildman–Crippen LogP) is 1.20. The first-order chi connectivity index (χ1) is 8.77. The molecule has 0 aromatic rings. The molecule has 104 valence electrons. The van der Waals surface area contributed by atoms with Crippen molar-refractivity contribution in [1.82, 2.24) is 9.80 Å². The molecule has 0 aromatic carbocycles. The van der Waals surface area contributed by atoms with E-state index in [4.69, 9.17) is 5.73 Å². The summed E-state index contributed by atoms with van der Waals surface area (Å²) in [4.78, 5) is 16.3. The lowest BCUT2D eigenvalue weighted by Crippen LogP contribution is -2.50. The van der Waals surface area contributed by atoms with Crippen LogP contribution < -0.4 is 5.73 Å². The molecule has 0 saturated carbocycles. The van der Waals surface area contributed by atoms with Crippen molar-refractivity contribution in [2.45, 2.75) is 51.0 Å². The highest BCUT2D eigenvalue weighted by Crippen LogP contribution is 2.17. The summed E-state index contributed by atoms with van der Waals surface area (Å²) in [7, 11) is 0. The summed E-state index contributed by atoms with van der Waals surface area (Å²) < 4.78 is 0. The van der Waals surface area contributed by atoms with Crippen molar-refractivity contribution in [3.05, 3.63) is 0 Å². The summed E-state index contributed by atoms with van der Waals surface area (Å²) in [5.74, 6) is -0.134. The van der Waals surface area contributed by atoms with Crippen LogP contribution in [0.5, 0.6) is 0 Å². The number of primary amides is 1. The van der Waals surface area contributed by atoms with E-state index in [9.17, 15) is 4.79 Å². The first-order valence-corrected chi connectivity index (χ1v) is 7.53. The Morgan fingerprint density at radius 2 is 1.61 bits per heavy atom. The van der Waals surface area contributed by atoms with Crippen molar-refractivity contribution in [1.29, 1.82) is 0 Å².